The fourth-order valence-electron chi connectivity index (χ4n) is 2.18. The Labute approximate surface area is 134 Å². The van der Waals surface area contributed by atoms with E-state index < -0.39 is 5.97 Å². The van der Waals surface area contributed by atoms with Gasteiger partial charge in [-0.25, -0.2) is 4.79 Å². The summed E-state index contributed by atoms with van der Waals surface area (Å²) < 4.78 is 11.6. The molecule has 0 spiro atoms. The van der Waals surface area contributed by atoms with Gasteiger partial charge in [0.1, 0.15) is 5.75 Å². The molecule has 0 unspecified atom stereocenters. The van der Waals surface area contributed by atoms with Gasteiger partial charge in [0.05, 0.1) is 18.5 Å². The smallest absolute Gasteiger partial charge is 0.358 e. The first-order valence-electron chi connectivity index (χ1n) is 7.04. The Hall–Kier alpha value is -2.83. The molecule has 1 N–H and O–H groups in total. The van der Waals surface area contributed by atoms with Crippen LogP contribution >= 0.6 is 0 Å². The van der Waals surface area contributed by atoms with Crippen molar-refractivity contribution in [3.05, 3.63) is 41.2 Å². The van der Waals surface area contributed by atoms with Crippen molar-refractivity contribution in [1.82, 2.24) is 9.78 Å². The third-order valence-electron chi connectivity index (χ3n) is 3.32. The minimum atomic E-state index is -0.566. The zero-order valence-electron chi connectivity index (χ0n) is 13.5. The molecule has 122 valence electrons. The van der Waals surface area contributed by atoms with E-state index in [1.54, 1.807) is 20.0 Å². The van der Waals surface area contributed by atoms with E-state index in [2.05, 4.69) is 10.4 Å². The van der Waals surface area contributed by atoms with E-state index in [0.717, 1.165) is 5.56 Å². The lowest BCUT2D eigenvalue weighted by atomic mass is 10.2. The van der Waals surface area contributed by atoms with Crippen molar-refractivity contribution < 1.29 is 19.1 Å². The lowest BCUT2D eigenvalue weighted by Gasteiger charge is -2.10. The number of aryl methyl sites for hydroxylation is 3. The van der Waals surface area contributed by atoms with E-state index in [1.165, 1.54) is 11.8 Å². The van der Waals surface area contributed by atoms with E-state index >= 15 is 0 Å². The summed E-state index contributed by atoms with van der Waals surface area (Å²) >= 11 is 0. The number of methoxy groups -OCH3 is 1. The van der Waals surface area contributed by atoms with Crippen LogP contribution in [0.15, 0.2) is 24.3 Å². The van der Waals surface area contributed by atoms with Crippen LogP contribution in [0.3, 0.4) is 0 Å². The predicted molar refractivity (Wildman–Crippen MR) is 84.6 cm³/mol. The summed E-state index contributed by atoms with van der Waals surface area (Å²) in [6.45, 7) is 3.43. The number of carbonyl (C=O) groups excluding carboxylic acids is 2. The van der Waals surface area contributed by atoms with Gasteiger partial charge < -0.3 is 14.8 Å². The molecule has 0 radical (unpaired) electrons. The lowest BCUT2D eigenvalue weighted by Crippen LogP contribution is -2.22. The highest BCUT2D eigenvalue weighted by Gasteiger charge is 2.22. The quantitative estimate of drug-likeness (QED) is 0.851. The number of anilines is 1. The van der Waals surface area contributed by atoms with Gasteiger partial charge in [0, 0.05) is 7.05 Å². The summed E-state index contributed by atoms with van der Waals surface area (Å²) in [5.74, 6) is -0.309. The molecule has 1 aromatic carbocycles. The Morgan fingerprint density at radius 1 is 1.26 bits per heavy atom. The third-order valence-corrected chi connectivity index (χ3v) is 3.32. The number of carbonyl (C=O) groups is 2. The summed E-state index contributed by atoms with van der Waals surface area (Å²) in [5.41, 5.74) is 1.98. The molecule has 0 atom stereocenters. The zero-order valence-corrected chi connectivity index (χ0v) is 13.5. The summed E-state index contributed by atoms with van der Waals surface area (Å²) in [5, 5.41) is 6.78. The molecule has 1 heterocycles. The Morgan fingerprint density at radius 3 is 2.61 bits per heavy atom. The van der Waals surface area contributed by atoms with Gasteiger partial charge in [-0.1, -0.05) is 18.2 Å². The van der Waals surface area contributed by atoms with Crippen molar-refractivity contribution in [2.75, 3.05) is 19.0 Å². The van der Waals surface area contributed by atoms with Crippen LogP contribution in [0.25, 0.3) is 0 Å². The van der Waals surface area contributed by atoms with Gasteiger partial charge in [-0.3, -0.25) is 9.48 Å². The van der Waals surface area contributed by atoms with E-state index in [1.807, 2.05) is 25.1 Å². The summed E-state index contributed by atoms with van der Waals surface area (Å²) in [6, 6.07) is 7.41. The largest absolute Gasteiger partial charge is 0.483 e. The topological polar surface area (TPSA) is 82.4 Å². The SMILES string of the molecule is COC(=O)c1c(NC(=O)COc2ccccc2C)c(C)nn1C. The van der Waals surface area contributed by atoms with Gasteiger partial charge in [-0.15, -0.1) is 0 Å². The molecule has 23 heavy (non-hydrogen) atoms. The average molecular weight is 317 g/mol. The molecule has 7 heteroatoms. The molecule has 7 nitrogen and oxygen atoms in total. The van der Waals surface area contributed by atoms with Crippen LogP contribution in [-0.4, -0.2) is 35.4 Å². The molecule has 0 aliphatic rings. The minimum Gasteiger partial charge on any atom is -0.483 e. The van der Waals surface area contributed by atoms with Crippen molar-refractivity contribution in [1.29, 1.82) is 0 Å². The molecule has 0 aliphatic carbocycles. The monoisotopic (exact) mass is 317 g/mol. The van der Waals surface area contributed by atoms with Crippen LogP contribution in [0.4, 0.5) is 5.69 Å². The average Bonchev–Trinajstić information content (AvgIpc) is 2.79. The molecule has 2 rings (SSSR count). The molecular weight excluding hydrogens is 298 g/mol. The predicted octanol–water partition coefficient (Wildman–Crippen LogP) is 1.84. The molecule has 1 amide bonds. The van der Waals surface area contributed by atoms with Gasteiger partial charge in [0.2, 0.25) is 0 Å². The second-order valence-electron chi connectivity index (χ2n) is 5.03. The van der Waals surface area contributed by atoms with Crippen LogP contribution < -0.4 is 10.1 Å². The molecule has 0 saturated heterocycles. The number of hydrogen-bond donors (Lipinski definition) is 1. The zero-order chi connectivity index (χ0) is 17.0. The number of hydrogen-bond acceptors (Lipinski definition) is 5. The molecule has 0 fully saturated rings. The lowest BCUT2D eigenvalue weighted by molar-refractivity contribution is -0.118. The highest BCUT2D eigenvalue weighted by molar-refractivity contribution is 6.01. The van der Waals surface area contributed by atoms with Crippen molar-refractivity contribution in [2.45, 2.75) is 13.8 Å². The number of amides is 1. The highest BCUT2D eigenvalue weighted by Crippen LogP contribution is 2.21. The van der Waals surface area contributed by atoms with Gasteiger partial charge in [0.15, 0.2) is 12.3 Å². The maximum absolute atomic E-state index is 12.1. The molecule has 1 aromatic heterocycles. The Balaban J connectivity index is 2.09. The van der Waals surface area contributed by atoms with Crippen molar-refractivity contribution in [3.8, 4) is 5.75 Å². The number of nitrogens with zero attached hydrogens (tertiary/aromatic N) is 2. The minimum absolute atomic E-state index is 0.167. The van der Waals surface area contributed by atoms with Gasteiger partial charge >= 0.3 is 5.97 Å². The maximum atomic E-state index is 12.1. The summed E-state index contributed by atoms with van der Waals surface area (Å²) in [7, 11) is 2.89. The van der Waals surface area contributed by atoms with E-state index in [9.17, 15) is 9.59 Å². The number of ether oxygens (including phenoxy) is 2. The van der Waals surface area contributed by atoms with E-state index in [0.29, 0.717) is 17.1 Å². The summed E-state index contributed by atoms with van der Waals surface area (Å²) in [6.07, 6.45) is 0. The van der Waals surface area contributed by atoms with E-state index in [4.69, 9.17) is 9.47 Å². The number of esters is 1. The van der Waals surface area contributed by atoms with Crippen molar-refractivity contribution in [2.24, 2.45) is 7.05 Å². The normalized spacial score (nSPS) is 10.3. The Morgan fingerprint density at radius 2 is 1.96 bits per heavy atom. The van der Waals surface area contributed by atoms with Gasteiger partial charge in [-0.2, -0.15) is 5.10 Å². The first kappa shape index (κ1) is 16.5. The second kappa shape index (κ2) is 6.95. The molecule has 0 aliphatic heterocycles. The Bertz CT molecular complexity index is 737. The molecule has 2 aromatic rings. The van der Waals surface area contributed by atoms with Gasteiger partial charge in [-0.05, 0) is 25.5 Å². The van der Waals surface area contributed by atoms with E-state index in [-0.39, 0.29) is 18.2 Å². The standard InChI is InChI=1S/C16H19N3O4/c1-10-7-5-6-8-12(10)23-9-13(20)17-14-11(2)18-19(3)15(14)16(21)22-4/h5-8H,9H2,1-4H3,(H,17,20). The highest BCUT2D eigenvalue weighted by atomic mass is 16.5. The fraction of sp³-hybridized carbons (Fsp3) is 0.312. The van der Waals surface area contributed by atoms with Crippen molar-refractivity contribution >= 4 is 17.6 Å². The number of nitrogens with one attached hydrogen (secondary N) is 1. The molecular formula is C16H19N3O4. The summed E-state index contributed by atoms with van der Waals surface area (Å²) in [4.78, 5) is 23.9. The Kier molecular flexibility index (Phi) is 5.00. The maximum Gasteiger partial charge on any atom is 0.358 e. The van der Waals surface area contributed by atoms with Crippen LogP contribution in [0, 0.1) is 13.8 Å². The van der Waals surface area contributed by atoms with Gasteiger partial charge in [0.25, 0.3) is 5.91 Å². The molecule has 0 saturated carbocycles. The van der Waals surface area contributed by atoms with Crippen LogP contribution in [0.5, 0.6) is 5.75 Å². The second-order valence-corrected chi connectivity index (χ2v) is 5.03. The first-order valence-corrected chi connectivity index (χ1v) is 7.04. The number of rotatable bonds is 5. The van der Waals surface area contributed by atoms with Crippen LogP contribution in [0.2, 0.25) is 0 Å². The van der Waals surface area contributed by atoms with Crippen LogP contribution in [-0.2, 0) is 16.6 Å². The third kappa shape index (κ3) is 3.68. The molecule has 0 bridgehead atoms. The first-order chi connectivity index (χ1) is 10.9. The number of para-hydroxylation sites is 1. The van der Waals surface area contributed by atoms with Crippen LogP contribution in [0.1, 0.15) is 21.7 Å². The number of aromatic nitrogens is 2. The fourth-order valence-corrected chi connectivity index (χ4v) is 2.18. The number of benzene rings is 1. The van der Waals surface area contributed by atoms with Crippen molar-refractivity contribution in [3.63, 3.8) is 0 Å².